The Labute approximate surface area is 214 Å². The summed E-state index contributed by atoms with van der Waals surface area (Å²) in [6.07, 6.45) is 0.570. The maximum absolute atomic E-state index is 14.2. The molecule has 10 heteroatoms. The Morgan fingerprint density at radius 2 is 1.76 bits per heavy atom. The maximum Gasteiger partial charge on any atom is 0.255 e. The second-order valence-electron chi connectivity index (χ2n) is 11.1. The van der Waals surface area contributed by atoms with E-state index in [1.165, 1.54) is 18.7 Å². The van der Waals surface area contributed by atoms with Gasteiger partial charge in [0, 0.05) is 16.4 Å². The van der Waals surface area contributed by atoms with Crippen LogP contribution < -0.4 is 5.73 Å². The average molecular weight is 513 g/mol. The number of carbonyl (C=O) groups is 4. The van der Waals surface area contributed by atoms with Crippen LogP contribution in [0.2, 0.25) is 0 Å². The maximum atomic E-state index is 14.2. The molecule has 3 aliphatic rings. The Hall–Kier alpha value is -3.50. The van der Waals surface area contributed by atoms with E-state index in [-0.39, 0.29) is 29.5 Å². The lowest BCUT2D eigenvalue weighted by molar-refractivity contribution is -0.176. The summed E-state index contributed by atoms with van der Waals surface area (Å²) >= 11 is 0. The van der Waals surface area contributed by atoms with E-state index in [1.807, 2.05) is 6.92 Å². The third-order valence-electron chi connectivity index (χ3n) is 8.48. The van der Waals surface area contributed by atoms with Gasteiger partial charge in [0.25, 0.3) is 5.91 Å². The first kappa shape index (κ1) is 26.6. The van der Waals surface area contributed by atoms with Gasteiger partial charge in [0.05, 0.1) is 17.2 Å². The number of benzene rings is 1. The number of aryl methyl sites for hydroxylation is 1. The van der Waals surface area contributed by atoms with Crippen LogP contribution in [0.3, 0.4) is 0 Å². The molecule has 3 aliphatic carbocycles. The van der Waals surface area contributed by atoms with E-state index in [4.69, 9.17) is 5.73 Å². The normalized spacial score (nSPS) is 31.3. The summed E-state index contributed by atoms with van der Waals surface area (Å²) in [6, 6.07) is 0.363. The monoisotopic (exact) mass is 512 g/mol. The highest BCUT2D eigenvalue weighted by atomic mass is 16.3. The van der Waals surface area contributed by atoms with Crippen molar-refractivity contribution in [2.45, 2.75) is 58.6 Å². The van der Waals surface area contributed by atoms with Gasteiger partial charge in [-0.15, -0.1) is 0 Å². The molecule has 1 saturated carbocycles. The largest absolute Gasteiger partial charge is 0.508 e. The molecule has 6 N–H and O–H groups in total. The van der Waals surface area contributed by atoms with Crippen molar-refractivity contribution in [1.29, 1.82) is 0 Å². The molecule has 10 nitrogen and oxygen atoms in total. The van der Waals surface area contributed by atoms with E-state index in [1.54, 1.807) is 27.1 Å². The summed E-state index contributed by atoms with van der Waals surface area (Å²) < 4.78 is 0. The summed E-state index contributed by atoms with van der Waals surface area (Å²) in [5, 5.41) is 45.5. The van der Waals surface area contributed by atoms with Gasteiger partial charge in [0.2, 0.25) is 5.78 Å². The molecular weight excluding hydrogens is 480 g/mol. The number of rotatable bonds is 4. The summed E-state index contributed by atoms with van der Waals surface area (Å²) in [7, 11) is 3.11. The topological polar surface area (TPSA) is 178 Å². The Bertz CT molecular complexity index is 1370. The van der Waals surface area contributed by atoms with Crippen molar-refractivity contribution in [3.8, 4) is 5.75 Å². The van der Waals surface area contributed by atoms with Crippen LogP contribution in [-0.4, -0.2) is 74.3 Å². The van der Waals surface area contributed by atoms with Crippen LogP contribution in [0.25, 0.3) is 5.76 Å². The second kappa shape index (κ2) is 8.00. The quantitative estimate of drug-likeness (QED) is 0.295. The van der Waals surface area contributed by atoms with Crippen LogP contribution in [0, 0.1) is 10.8 Å². The SMILES string of the molecule is CCc1cc(C(C)=O)c(O)c2c1C[C@@]1(C)C[C@@]3(C)[C@H](N(C)C)C(=O)C(C(N)=O)=C(O)[C@@]3(O)C(=O)C1=C2O. The molecule has 0 aromatic heterocycles. The van der Waals surface area contributed by atoms with E-state index >= 15 is 0 Å². The second-order valence-corrected chi connectivity index (χ2v) is 11.1. The van der Waals surface area contributed by atoms with Crippen molar-refractivity contribution in [1.82, 2.24) is 4.90 Å². The summed E-state index contributed by atoms with van der Waals surface area (Å²) in [5.74, 6) is -5.91. The lowest BCUT2D eigenvalue weighted by Gasteiger charge is -2.59. The first-order valence-corrected chi connectivity index (χ1v) is 12.0. The molecular formula is C27H32N2O8. The van der Waals surface area contributed by atoms with Gasteiger partial charge in [-0.05, 0) is 57.5 Å². The van der Waals surface area contributed by atoms with Gasteiger partial charge in [0.15, 0.2) is 17.2 Å². The Balaban J connectivity index is 2.12. The zero-order valence-corrected chi connectivity index (χ0v) is 21.7. The highest BCUT2D eigenvalue weighted by molar-refractivity contribution is 6.25. The van der Waals surface area contributed by atoms with Crippen LogP contribution in [0.1, 0.15) is 61.2 Å². The van der Waals surface area contributed by atoms with Crippen LogP contribution in [0.4, 0.5) is 0 Å². The number of fused-ring (bicyclic) bond motifs is 3. The number of nitrogens with two attached hydrogens (primary N) is 1. The predicted molar refractivity (Wildman–Crippen MR) is 133 cm³/mol. The van der Waals surface area contributed by atoms with E-state index in [0.29, 0.717) is 17.5 Å². The van der Waals surface area contributed by atoms with Gasteiger partial charge in [-0.2, -0.15) is 0 Å². The smallest absolute Gasteiger partial charge is 0.255 e. The first-order valence-electron chi connectivity index (χ1n) is 12.0. The van der Waals surface area contributed by atoms with Crippen molar-refractivity contribution in [3.05, 3.63) is 45.2 Å². The molecule has 4 atom stereocenters. The van der Waals surface area contributed by atoms with Crippen LogP contribution in [0.15, 0.2) is 23.0 Å². The summed E-state index contributed by atoms with van der Waals surface area (Å²) in [5.41, 5.74) is -0.142. The number of aliphatic hydroxyl groups excluding tert-OH is 2. The number of ketones is 3. The molecule has 0 radical (unpaired) electrons. The van der Waals surface area contributed by atoms with E-state index in [2.05, 4.69) is 0 Å². The van der Waals surface area contributed by atoms with Gasteiger partial charge < -0.3 is 26.2 Å². The molecule has 1 aromatic rings. The Morgan fingerprint density at radius 3 is 2.24 bits per heavy atom. The van der Waals surface area contributed by atoms with Crippen molar-refractivity contribution < 1.29 is 39.6 Å². The number of Topliss-reactive ketones (excluding diaryl/α,β-unsaturated/α-hetero) is 3. The van der Waals surface area contributed by atoms with Crippen LogP contribution in [0.5, 0.6) is 5.75 Å². The first-order chi connectivity index (χ1) is 17.0. The fourth-order valence-electron chi connectivity index (χ4n) is 7.05. The lowest BCUT2D eigenvalue weighted by atomic mass is 9.46. The Kier molecular flexibility index (Phi) is 5.74. The predicted octanol–water partition coefficient (Wildman–Crippen LogP) is 1.51. The fraction of sp³-hybridized carbons (Fsp3) is 0.481. The van der Waals surface area contributed by atoms with Crippen LogP contribution >= 0.6 is 0 Å². The number of hydrogen-bond donors (Lipinski definition) is 5. The minimum absolute atomic E-state index is 0.0205. The summed E-state index contributed by atoms with van der Waals surface area (Å²) in [6.45, 7) is 6.33. The van der Waals surface area contributed by atoms with Gasteiger partial charge in [-0.25, -0.2) is 0 Å². The number of amides is 1. The number of aliphatic hydroxyl groups is 3. The molecule has 37 heavy (non-hydrogen) atoms. The minimum Gasteiger partial charge on any atom is -0.508 e. The number of nitrogens with zero attached hydrogens (tertiary/aromatic N) is 1. The standard InChI is InChI=1S/C27H32N2O8/c1-7-12-8-13(11(2)30)18(31)15-14(12)9-25(3)10-26(4)21(29(5)6)20(33)16(24(28)36)22(34)27(26,37)23(35)17(25)19(15)32/h8,21,31-32,34,37H,7,9-10H2,1-6H3,(H2,28,36)/t21-,25+,26+,27-/m1/s1. The van der Waals surface area contributed by atoms with Gasteiger partial charge in [-0.1, -0.05) is 20.8 Å². The molecule has 0 aliphatic heterocycles. The van der Waals surface area contributed by atoms with E-state index < -0.39 is 68.6 Å². The molecule has 0 spiro atoms. The molecule has 1 fully saturated rings. The zero-order valence-electron chi connectivity index (χ0n) is 21.7. The number of primary amides is 1. The molecule has 0 bridgehead atoms. The number of phenolic OH excluding ortho intramolecular Hbond substituents is 1. The van der Waals surface area contributed by atoms with Gasteiger partial charge in [0.1, 0.15) is 22.8 Å². The number of carbonyl (C=O) groups excluding carboxylic acids is 4. The van der Waals surface area contributed by atoms with Crippen molar-refractivity contribution in [3.63, 3.8) is 0 Å². The molecule has 0 heterocycles. The number of likely N-dealkylation sites (N-methyl/N-ethyl adjacent to an activating group) is 1. The van der Waals surface area contributed by atoms with Crippen molar-refractivity contribution in [2.75, 3.05) is 14.1 Å². The molecule has 0 unspecified atom stereocenters. The number of phenols is 1. The number of hydrogen-bond acceptors (Lipinski definition) is 9. The molecule has 0 saturated heterocycles. The van der Waals surface area contributed by atoms with Crippen molar-refractivity contribution >= 4 is 29.0 Å². The fourth-order valence-corrected chi connectivity index (χ4v) is 7.05. The summed E-state index contributed by atoms with van der Waals surface area (Å²) in [4.78, 5) is 53.4. The highest BCUT2D eigenvalue weighted by Crippen LogP contribution is 2.63. The van der Waals surface area contributed by atoms with Crippen molar-refractivity contribution in [2.24, 2.45) is 16.6 Å². The average Bonchev–Trinajstić information content (AvgIpc) is 2.75. The number of aromatic hydroxyl groups is 1. The zero-order chi connectivity index (χ0) is 28.0. The van der Waals surface area contributed by atoms with Gasteiger partial charge in [-0.3, -0.25) is 24.1 Å². The minimum atomic E-state index is -2.78. The molecule has 1 amide bonds. The molecule has 1 aromatic carbocycles. The third-order valence-corrected chi connectivity index (χ3v) is 8.48. The Morgan fingerprint density at radius 1 is 1.16 bits per heavy atom. The van der Waals surface area contributed by atoms with Crippen LogP contribution in [-0.2, 0) is 27.2 Å². The molecule has 198 valence electrons. The highest BCUT2D eigenvalue weighted by Gasteiger charge is 2.72. The third kappa shape index (κ3) is 3.12. The van der Waals surface area contributed by atoms with E-state index in [0.717, 1.165) is 0 Å². The van der Waals surface area contributed by atoms with E-state index in [9.17, 15) is 39.6 Å². The lowest BCUT2D eigenvalue weighted by Crippen LogP contribution is -2.72. The molecule has 4 rings (SSSR count). The van der Waals surface area contributed by atoms with Gasteiger partial charge >= 0.3 is 0 Å².